The molecule has 128 valence electrons. The smallest absolute Gasteiger partial charge is 0.250 e. The van der Waals surface area contributed by atoms with Gasteiger partial charge in [-0.25, -0.2) is 0 Å². The third-order valence-corrected chi connectivity index (χ3v) is 5.58. The van der Waals surface area contributed by atoms with Crippen LogP contribution in [-0.2, 0) is 4.74 Å². The van der Waals surface area contributed by atoms with E-state index in [4.69, 9.17) is 9.26 Å². The standard InChI is InChI=1S/C20H21N3O2/c1-8-20(9-1)13-16(7-11-24-20)19-22-18(25-23-19)5-3-14-2-4-17-15(12-14)6-10-21-17/h2-6,10,12,16,21H,1,7-9,11,13H2/b5-3+. The summed E-state index contributed by atoms with van der Waals surface area (Å²) < 4.78 is 11.4. The van der Waals surface area contributed by atoms with E-state index in [1.54, 1.807) is 0 Å². The fourth-order valence-electron chi connectivity index (χ4n) is 3.99. The van der Waals surface area contributed by atoms with Gasteiger partial charge in [0.1, 0.15) is 0 Å². The zero-order chi connectivity index (χ0) is 16.7. The number of nitrogens with zero attached hydrogens (tertiary/aromatic N) is 2. The number of fused-ring (bicyclic) bond motifs is 1. The lowest BCUT2D eigenvalue weighted by molar-refractivity contribution is -0.134. The van der Waals surface area contributed by atoms with E-state index >= 15 is 0 Å². The molecule has 2 fully saturated rings. The summed E-state index contributed by atoms with van der Waals surface area (Å²) in [5.74, 6) is 1.75. The molecule has 25 heavy (non-hydrogen) atoms. The molecular weight excluding hydrogens is 314 g/mol. The molecule has 3 aromatic rings. The van der Waals surface area contributed by atoms with E-state index in [1.807, 2.05) is 18.3 Å². The molecule has 2 aliphatic rings. The monoisotopic (exact) mass is 335 g/mol. The molecule has 1 atom stereocenters. The highest BCUT2D eigenvalue weighted by molar-refractivity contribution is 5.83. The molecule has 2 aromatic heterocycles. The van der Waals surface area contributed by atoms with Gasteiger partial charge in [0.15, 0.2) is 5.82 Å². The summed E-state index contributed by atoms with van der Waals surface area (Å²) in [5, 5.41) is 5.42. The minimum atomic E-state index is 0.103. The van der Waals surface area contributed by atoms with Crippen molar-refractivity contribution in [2.75, 3.05) is 6.61 Å². The van der Waals surface area contributed by atoms with Gasteiger partial charge in [0, 0.05) is 30.3 Å². The summed E-state index contributed by atoms with van der Waals surface area (Å²) in [5.41, 5.74) is 2.36. The summed E-state index contributed by atoms with van der Waals surface area (Å²) in [4.78, 5) is 7.80. The Balaban J connectivity index is 1.32. The Labute approximate surface area is 146 Å². The van der Waals surface area contributed by atoms with Gasteiger partial charge in [0.05, 0.1) is 5.60 Å². The lowest BCUT2D eigenvalue weighted by Crippen LogP contribution is -2.45. The quantitative estimate of drug-likeness (QED) is 0.763. The lowest BCUT2D eigenvalue weighted by atomic mass is 9.72. The highest BCUT2D eigenvalue weighted by atomic mass is 16.5. The highest BCUT2D eigenvalue weighted by Crippen LogP contribution is 2.46. The van der Waals surface area contributed by atoms with Gasteiger partial charge in [-0.05, 0) is 67.3 Å². The van der Waals surface area contributed by atoms with Gasteiger partial charge in [0.2, 0.25) is 0 Å². The summed E-state index contributed by atoms with van der Waals surface area (Å²) in [6.45, 7) is 0.807. The van der Waals surface area contributed by atoms with Crippen molar-refractivity contribution in [2.24, 2.45) is 0 Å². The Hall–Kier alpha value is -2.40. The van der Waals surface area contributed by atoms with Crippen LogP contribution in [0.25, 0.3) is 23.1 Å². The maximum absolute atomic E-state index is 5.99. The molecule has 1 N–H and O–H groups in total. The lowest BCUT2D eigenvalue weighted by Gasteiger charge is -2.46. The Kier molecular flexibility index (Phi) is 3.48. The van der Waals surface area contributed by atoms with Gasteiger partial charge in [-0.2, -0.15) is 4.98 Å². The van der Waals surface area contributed by atoms with Crippen LogP contribution in [0.3, 0.4) is 0 Å². The summed E-state index contributed by atoms with van der Waals surface area (Å²) in [7, 11) is 0. The van der Waals surface area contributed by atoms with Crippen molar-refractivity contribution >= 4 is 23.1 Å². The van der Waals surface area contributed by atoms with Crippen LogP contribution in [0, 0.1) is 0 Å². The third-order valence-electron chi connectivity index (χ3n) is 5.58. The third kappa shape index (κ3) is 2.78. The number of aromatic amines is 1. The molecule has 5 heteroatoms. The van der Waals surface area contributed by atoms with E-state index in [2.05, 4.69) is 39.4 Å². The SMILES string of the molecule is C(=C\c1nc(C2CCOC3(CCC3)C2)no1)/c1ccc2[nH]ccc2c1. The van der Waals surface area contributed by atoms with Crippen LogP contribution in [0.5, 0.6) is 0 Å². The first-order chi connectivity index (χ1) is 12.3. The van der Waals surface area contributed by atoms with E-state index in [1.165, 1.54) is 24.6 Å². The Morgan fingerprint density at radius 3 is 3.04 bits per heavy atom. The maximum atomic E-state index is 5.99. The van der Waals surface area contributed by atoms with Crippen molar-refractivity contribution in [2.45, 2.75) is 43.6 Å². The van der Waals surface area contributed by atoms with Crippen molar-refractivity contribution in [3.8, 4) is 0 Å². The predicted octanol–water partition coefficient (Wildman–Crippen LogP) is 4.54. The van der Waals surface area contributed by atoms with Crippen LogP contribution in [0.1, 0.15) is 55.3 Å². The van der Waals surface area contributed by atoms with Crippen molar-refractivity contribution < 1.29 is 9.26 Å². The fourth-order valence-corrected chi connectivity index (χ4v) is 3.99. The minimum absolute atomic E-state index is 0.103. The predicted molar refractivity (Wildman–Crippen MR) is 96.0 cm³/mol. The van der Waals surface area contributed by atoms with Crippen LogP contribution in [0.4, 0.5) is 0 Å². The number of hydrogen-bond acceptors (Lipinski definition) is 4. The van der Waals surface area contributed by atoms with Crippen molar-refractivity contribution in [3.63, 3.8) is 0 Å². The van der Waals surface area contributed by atoms with Crippen LogP contribution < -0.4 is 0 Å². The number of hydrogen-bond donors (Lipinski definition) is 1. The van der Waals surface area contributed by atoms with Crippen molar-refractivity contribution in [3.05, 3.63) is 47.7 Å². The van der Waals surface area contributed by atoms with Gasteiger partial charge in [-0.15, -0.1) is 0 Å². The Bertz CT molecular complexity index is 920. The summed E-state index contributed by atoms with van der Waals surface area (Å²) in [6.07, 6.45) is 11.5. The van der Waals surface area contributed by atoms with Gasteiger partial charge in [-0.1, -0.05) is 11.2 Å². The molecule has 3 heterocycles. The molecular formula is C20H21N3O2. The number of benzene rings is 1. The topological polar surface area (TPSA) is 63.9 Å². The zero-order valence-electron chi connectivity index (χ0n) is 14.1. The average Bonchev–Trinajstić information content (AvgIpc) is 3.27. The number of aromatic nitrogens is 3. The fraction of sp³-hybridized carbons (Fsp3) is 0.400. The number of rotatable bonds is 3. The molecule has 1 saturated carbocycles. The van der Waals surface area contributed by atoms with Crippen LogP contribution in [0.2, 0.25) is 0 Å². The second kappa shape index (κ2) is 5.85. The molecule has 0 amide bonds. The van der Waals surface area contributed by atoms with Crippen molar-refractivity contribution in [1.29, 1.82) is 0 Å². The van der Waals surface area contributed by atoms with E-state index in [0.29, 0.717) is 11.8 Å². The zero-order valence-corrected chi connectivity index (χ0v) is 14.1. The molecule has 0 bridgehead atoms. The Morgan fingerprint density at radius 2 is 2.16 bits per heavy atom. The molecule has 1 spiro atoms. The number of ether oxygens (including phenoxy) is 1. The molecule has 1 saturated heterocycles. The first-order valence-electron chi connectivity index (χ1n) is 9.03. The number of nitrogens with one attached hydrogen (secondary N) is 1. The first kappa shape index (κ1) is 14.9. The van der Waals surface area contributed by atoms with E-state index in [0.717, 1.165) is 36.4 Å². The molecule has 0 radical (unpaired) electrons. The molecule has 1 aliphatic carbocycles. The van der Waals surface area contributed by atoms with Crippen LogP contribution in [-0.4, -0.2) is 27.3 Å². The molecule has 5 nitrogen and oxygen atoms in total. The molecule has 1 unspecified atom stereocenters. The van der Waals surface area contributed by atoms with E-state index in [9.17, 15) is 0 Å². The van der Waals surface area contributed by atoms with E-state index < -0.39 is 0 Å². The second-order valence-corrected chi connectivity index (χ2v) is 7.22. The second-order valence-electron chi connectivity index (χ2n) is 7.22. The minimum Gasteiger partial charge on any atom is -0.375 e. The summed E-state index contributed by atoms with van der Waals surface area (Å²) >= 11 is 0. The van der Waals surface area contributed by atoms with Crippen molar-refractivity contribution in [1.82, 2.24) is 15.1 Å². The molecule has 1 aromatic carbocycles. The van der Waals surface area contributed by atoms with Gasteiger partial charge in [-0.3, -0.25) is 0 Å². The normalized spacial score (nSPS) is 22.6. The Morgan fingerprint density at radius 1 is 1.20 bits per heavy atom. The van der Waals surface area contributed by atoms with Gasteiger partial charge < -0.3 is 14.2 Å². The highest BCUT2D eigenvalue weighted by Gasteiger charge is 2.43. The average molecular weight is 335 g/mol. The maximum Gasteiger partial charge on any atom is 0.250 e. The number of H-pyrrole nitrogens is 1. The first-order valence-corrected chi connectivity index (χ1v) is 9.03. The largest absolute Gasteiger partial charge is 0.375 e. The molecule has 5 rings (SSSR count). The van der Waals surface area contributed by atoms with Gasteiger partial charge in [0.25, 0.3) is 5.89 Å². The molecule has 1 aliphatic heterocycles. The van der Waals surface area contributed by atoms with Crippen LogP contribution in [0.15, 0.2) is 35.0 Å². The van der Waals surface area contributed by atoms with Crippen LogP contribution >= 0.6 is 0 Å². The van der Waals surface area contributed by atoms with E-state index in [-0.39, 0.29) is 5.60 Å². The van der Waals surface area contributed by atoms with Gasteiger partial charge >= 0.3 is 0 Å². The summed E-state index contributed by atoms with van der Waals surface area (Å²) in [6, 6.07) is 8.36.